The molecule has 0 spiro atoms. The van der Waals surface area contributed by atoms with Crippen molar-refractivity contribution < 1.29 is 14.2 Å². The zero-order chi connectivity index (χ0) is 12.5. The predicted molar refractivity (Wildman–Crippen MR) is 68.0 cm³/mol. The predicted octanol–water partition coefficient (Wildman–Crippen LogP) is 1.48. The molecule has 0 saturated carbocycles. The highest BCUT2D eigenvalue weighted by Crippen LogP contribution is 2.27. The van der Waals surface area contributed by atoms with Gasteiger partial charge in [0, 0.05) is 13.7 Å². The molecule has 0 amide bonds. The standard InChI is InChI=1S/C13H21NO3/c1-15-9-8-14-7-6-11-4-5-12(16-2)13(10-11)17-3/h4-5,10,14H,6-9H2,1-3H3. The summed E-state index contributed by atoms with van der Waals surface area (Å²) < 4.78 is 15.4. The van der Waals surface area contributed by atoms with Crippen molar-refractivity contribution in [3.8, 4) is 11.5 Å². The summed E-state index contributed by atoms with van der Waals surface area (Å²) >= 11 is 0. The Morgan fingerprint density at radius 1 is 1.00 bits per heavy atom. The van der Waals surface area contributed by atoms with Crippen molar-refractivity contribution in [2.75, 3.05) is 41.0 Å². The van der Waals surface area contributed by atoms with Crippen molar-refractivity contribution in [1.29, 1.82) is 0 Å². The van der Waals surface area contributed by atoms with E-state index in [1.807, 2.05) is 12.1 Å². The molecule has 0 radical (unpaired) electrons. The zero-order valence-corrected chi connectivity index (χ0v) is 10.8. The third kappa shape index (κ3) is 4.63. The fourth-order valence-electron chi connectivity index (χ4n) is 1.57. The van der Waals surface area contributed by atoms with Crippen LogP contribution < -0.4 is 14.8 Å². The van der Waals surface area contributed by atoms with Crippen LogP contribution >= 0.6 is 0 Å². The lowest BCUT2D eigenvalue weighted by Gasteiger charge is -2.10. The van der Waals surface area contributed by atoms with Crippen LogP contribution in [-0.4, -0.2) is 41.0 Å². The smallest absolute Gasteiger partial charge is 0.160 e. The summed E-state index contributed by atoms with van der Waals surface area (Å²) in [4.78, 5) is 0. The van der Waals surface area contributed by atoms with Crippen molar-refractivity contribution in [2.24, 2.45) is 0 Å². The van der Waals surface area contributed by atoms with Gasteiger partial charge in [0.05, 0.1) is 20.8 Å². The Morgan fingerprint density at radius 3 is 2.41 bits per heavy atom. The Bertz CT molecular complexity index is 328. The number of methoxy groups -OCH3 is 3. The van der Waals surface area contributed by atoms with Gasteiger partial charge in [-0.3, -0.25) is 0 Å². The Balaban J connectivity index is 2.43. The number of hydrogen-bond donors (Lipinski definition) is 1. The van der Waals surface area contributed by atoms with Gasteiger partial charge >= 0.3 is 0 Å². The van der Waals surface area contributed by atoms with Gasteiger partial charge in [-0.15, -0.1) is 0 Å². The number of hydrogen-bond acceptors (Lipinski definition) is 4. The van der Waals surface area contributed by atoms with Gasteiger partial charge in [0.25, 0.3) is 0 Å². The molecule has 0 heterocycles. The van der Waals surface area contributed by atoms with Crippen LogP contribution in [0.5, 0.6) is 11.5 Å². The van der Waals surface area contributed by atoms with Crippen molar-refractivity contribution in [3.05, 3.63) is 23.8 Å². The number of rotatable bonds is 8. The number of nitrogens with one attached hydrogen (secondary N) is 1. The minimum absolute atomic E-state index is 0.742. The van der Waals surface area contributed by atoms with Gasteiger partial charge in [-0.05, 0) is 30.7 Å². The normalized spacial score (nSPS) is 10.3. The van der Waals surface area contributed by atoms with Crippen LogP contribution in [0.1, 0.15) is 5.56 Å². The van der Waals surface area contributed by atoms with Gasteiger partial charge in [-0.25, -0.2) is 0 Å². The lowest BCUT2D eigenvalue weighted by Crippen LogP contribution is -2.21. The monoisotopic (exact) mass is 239 g/mol. The number of ether oxygens (including phenoxy) is 3. The van der Waals surface area contributed by atoms with Crippen molar-refractivity contribution >= 4 is 0 Å². The van der Waals surface area contributed by atoms with Gasteiger partial charge in [-0.2, -0.15) is 0 Å². The summed E-state index contributed by atoms with van der Waals surface area (Å²) in [6.45, 7) is 2.55. The summed E-state index contributed by atoms with van der Waals surface area (Å²) in [6.07, 6.45) is 0.962. The SMILES string of the molecule is COCCNCCc1ccc(OC)c(OC)c1. The molecule has 0 atom stereocenters. The van der Waals surface area contributed by atoms with E-state index >= 15 is 0 Å². The molecule has 1 N–H and O–H groups in total. The molecule has 0 unspecified atom stereocenters. The third-order valence-electron chi connectivity index (χ3n) is 2.52. The molecule has 0 bridgehead atoms. The maximum absolute atomic E-state index is 5.26. The maximum Gasteiger partial charge on any atom is 0.160 e. The largest absolute Gasteiger partial charge is 0.493 e. The lowest BCUT2D eigenvalue weighted by atomic mass is 10.1. The van der Waals surface area contributed by atoms with E-state index in [1.54, 1.807) is 21.3 Å². The average Bonchev–Trinajstić information content (AvgIpc) is 2.38. The van der Waals surface area contributed by atoms with Gasteiger partial charge in [0.15, 0.2) is 11.5 Å². The van der Waals surface area contributed by atoms with Crippen LogP contribution in [0.4, 0.5) is 0 Å². The quantitative estimate of drug-likeness (QED) is 0.698. The maximum atomic E-state index is 5.26. The Labute approximate surface area is 103 Å². The second-order valence-corrected chi connectivity index (χ2v) is 3.68. The lowest BCUT2D eigenvalue weighted by molar-refractivity contribution is 0.199. The fourth-order valence-corrected chi connectivity index (χ4v) is 1.57. The van der Waals surface area contributed by atoms with Crippen LogP contribution in [0.3, 0.4) is 0 Å². The van der Waals surface area contributed by atoms with Gasteiger partial charge in [0.1, 0.15) is 0 Å². The summed E-state index contributed by atoms with van der Waals surface area (Å²) in [6, 6.07) is 6.00. The molecule has 0 aromatic heterocycles. The van der Waals surface area contributed by atoms with Gasteiger partial charge in [0.2, 0.25) is 0 Å². The Hall–Kier alpha value is -1.26. The summed E-state index contributed by atoms with van der Waals surface area (Å²) in [7, 11) is 5.00. The van der Waals surface area contributed by atoms with Crippen molar-refractivity contribution in [1.82, 2.24) is 5.32 Å². The molecular weight excluding hydrogens is 218 g/mol. The van der Waals surface area contributed by atoms with E-state index in [1.165, 1.54) is 5.56 Å². The second kappa shape index (κ2) is 7.92. The van der Waals surface area contributed by atoms with Crippen LogP contribution in [-0.2, 0) is 11.2 Å². The molecule has 4 nitrogen and oxygen atoms in total. The van der Waals surface area contributed by atoms with Crippen LogP contribution in [0.2, 0.25) is 0 Å². The molecule has 0 saturated heterocycles. The molecule has 17 heavy (non-hydrogen) atoms. The Kier molecular flexibility index (Phi) is 6.43. The van der Waals surface area contributed by atoms with Crippen LogP contribution in [0.25, 0.3) is 0 Å². The highest BCUT2D eigenvalue weighted by molar-refractivity contribution is 5.42. The molecular formula is C13H21NO3. The molecule has 1 aromatic carbocycles. The van der Waals surface area contributed by atoms with Crippen molar-refractivity contribution in [3.63, 3.8) is 0 Å². The third-order valence-corrected chi connectivity index (χ3v) is 2.52. The first-order chi connectivity index (χ1) is 8.31. The van der Waals surface area contributed by atoms with E-state index < -0.39 is 0 Å². The first kappa shape index (κ1) is 13.8. The highest BCUT2D eigenvalue weighted by atomic mass is 16.5. The first-order valence-corrected chi connectivity index (χ1v) is 5.72. The van der Waals surface area contributed by atoms with Crippen LogP contribution in [0, 0.1) is 0 Å². The molecule has 0 aliphatic carbocycles. The first-order valence-electron chi connectivity index (χ1n) is 5.72. The van der Waals surface area contributed by atoms with E-state index in [-0.39, 0.29) is 0 Å². The zero-order valence-electron chi connectivity index (χ0n) is 10.8. The fraction of sp³-hybridized carbons (Fsp3) is 0.538. The molecule has 0 aliphatic heterocycles. The van der Waals surface area contributed by atoms with Gasteiger partial charge < -0.3 is 19.5 Å². The van der Waals surface area contributed by atoms with E-state index in [4.69, 9.17) is 14.2 Å². The average molecular weight is 239 g/mol. The molecule has 1 aromatic rings. The minimum atomic E-state index is 0.742. The summed E-state index contributed by atoms with van der Waals surface area (Å²) in [5, 5.41) is 3.30. The van der Waals surface area contributed by atoms with Crippen molar-refractivity contribution in [2.45, 2.75) is 6.42 Å². The molecule has 0 aliphatic rings. The van der Waals surface area contributed by atoms with Crippen LogP contribution in [0.15, 0.2) is 18.2 Å². The summed E-state index contributed by atoms with van der Waals surface area (Å²) in [5.74, 6) is 1.55. The second-order valence-electron chi connectivity index (χ2n) is 3.68. The van der Waals surface area contributed by atoms with E-state index in [0.29, 0.717) is 0 Å². The Morgan fingerprint density at radius 2 is 1.76 bits per heavy atom. The molecule has 4 heteroatoms. The van der Waals surface area contributed by atoms with E-state index in [2.05, 4.69) is 11.4 Å². The molecule has 0 fully saturated rings. The molecule has 96 valence electrons. The van der Waals surface area contributed by atoms with E-state index in [0.717, 1.165) is 37.6 Å². The van der Waals surface area contributed by atoms with E-state index in [9.17, 15) is 0 Å². The summed E-state index contributed by atoms with van der Waals surface area (Å²) in [5.41, 5.74) is 1.23. The highest BCUT2D eigenvalue weighted by Gasteiger charge is 2.03. The topological polar surface area (TPSA) is 39.7 Å². The van der Waals surface area contributed by atoms with Gasteiger partial charge in [-0.1, -0.05) is 6.07 Å². The minimum Gasteiger partial charge on any atom is -0.493 e. The number of benzene rings is 1. The molecule has 1 rings (SSSR count).